The minimum absolute atomic E-state index is 0.0314. The summed E-state index contributed by atoms with van der Waals surface area (Å²) in [6.45, 7) is 0. The van der Waals surface area contributed by atoms with Crippen LogP contribution in [0.25, 0.3) is 23.3 Å². The summed E-state index contributed by atoms with van der Waals surface area (Å²) in [4.78, 5) is 47.9. The van der Waals surface area contributed by atoms with Crippen molar-refractivity contribution in [3.63, 3.8) is 0 Å². The number of benzene rings is 2. The quantitative estimate of drug-likeness (QED) is 0.319. The maximum absolute atomic E-state index is 14.3. The van der Waals surface area contributed by atoms with Crippen molar-refractivity contribution < 1.29 is 38.5 Å². The minimum Gasteiger partial charge on any atom is -0.510 e. The highest BCUT2D eigenvalue weighted by atomic mass is 19.1. The molecule has 1 heterocycles. The first-order valence-electron chi connectivity index (χ1n) is 14.0. The number of likely N-dealkylation sites (N-methyl/N-ethyl adjacent to an activating group) is 1. The number of aliphatic hydroxyl groups is 3. The summed E-state index contributed by atoms with van der Waals surface area (Å²) in [6.07, 6.45) is 3.24. The molecule has 12 heteroatoms. The zero-order chi connectivity index (χ0) is 31.8. The van der Waals surface area contributed by atoms with Gasteiger partial charge in [0.2, 0.25) is 11.7 Å². The molecule has 11 nitrogen and oxygen atoms in total. The van der Waals surface area contributed by atoms with Gasteiger partial charge in [-0.2, -0.15) is 0 Å². The van der Waals surface area contributed by atoms with Gasteiger partial charge in [0.25, 0.3) is 5.91 Å². The number of hydrogen-bond donors (Lipinski definition) is 4. The van der Waals surface area contributed by atoms with E-state index >= 15 is 0 Å². The lowest BCUT2D eigenvalue weighted by Gasteiger charge is -2.50. The molecule has 44 heavy (non-hydrogen) atoms. The summed E-state index contributed by atoms with van der Waals surface area (Å²) < 4.78 is 20.2. The van der Waals surface area contributed by atoms with Gasteiger partial charge in [-0.05, 0) is 56.6 Å². The van der Waals surface area contributed by atoms with Gasteiger partial charge in [0.05, 0.1) is 11.6 Å². The van der Waals surface area contributed by atoms with Gasteiger partial charge in [0, 0.05) is 42.9 Å². The van der Waals surface area contributed by atoms with Crippen LogP contribution in [0.5, 0.6) is 0 Å². The summed E-state index contributed by atoms with van der Waals surface area (Å²) in [7, 11) is 6.81. The molecule has 3 aliphatic rings. The zero-order valence-corrected chi connectivity index (χ0v) is 24.5. The number of nitrogens with two attached hydrogens (primary N) is 1. The largest absolute Gasteiger partial charge is 0.510 e. The number of carbonyl (C=O) groups excluding carboxylic acids is 3. The number of aliphatic hydroxyl groups excluding tert-OH is 2. The molecule has 0 radical (unpaired) electrons. The summed E-state index contributed by atoms with van der Waals surface area (Å²) in [5, 5.41) is 34.4. The van der Waals surface area contributed by atoms with Crippen LogP contribution in [-0.4, -0.2) is 82.5 Å². The number of hydrogen-bond acceptors (Lipinski definition) is 10. The fourth-order valence-corrected chi connectivity index (χ4v) is 6.95. The number of fused-ring (bicyclic) bond motifs is 5. The van der Waals surface area contributed by atoms with E-state index < -0.39 is 63.9 Å². The van der Waals surface area contributed by atoms with Gasteiger partial charge in [-0.25, -0.2) is 9.37 Å². The molecule has 0 aliphatic heterocycles. The number of nitrogens with zero attached hydrogens (tertiary/aromatic N) is 3. The lowest BCUT2D eigenvalue weighted by molar-refractivity contribution is -0.148. The first-order valence-corrected chi connectivity index (χ1v) is 14.0. The Labute approximate surface area is 251 Å². The molecule has 2 aromatic carbocycles. The third-order valence-electron chi connectivity index (χ3n) is 8.89. The van der Waals surface area contributed by atoms with E-state index in [9.17, 15) is 34.1 Å². The highest BCUT2D eigenvalue weighted by Gasteiger charge is 2.63. The van der Waals surface area contributed by atoms with E-state index in [4.69, 9.17) is 10.2 Å². The molecule has 3 aliphatic carbocycles. The van der Waals surface area contributed by atoms with Crippen molar-refractivity contribution >= 4 is 46.4 Å². The molecule has 5 N–H and O–H groups in total. The number of primary amides is 1. The highest BCUT2D eigenvalue weighted by molar-refractivity contribution is 6.25. The van der Waals surface area contributed by atoms with Gasteiger partial charge in [0.1, 0.15) is 28.4 Å². The lowest BCUT2D eigenvalue weighted by atomic mass is 9.58. The van der Waals surface area contributed by atoms with Gasteiger partial charge >= 0.3 is 0 Å². The van der Waals surface area contributed by atoms with Crippen molar-refractivity contribution in [2.75, 3.05) is 33.1 Å². The number of Topliss-reactive ketones (excluding diaryl/α,β-unsaturated/α-hetero) is 2. The molecule has 4 atom stereocenters. The molecule has 1 aromatic heterocycles. The van der Waals surface area contributed by atoms with Gasteiger partial charge in [0.15, 0.2) is 17.0 Å². The monoisotopic (exact) mass is 602 g/mol. The molecule has 1 amide bonds. The predicted octanol–water partition coefficient (Wildman–Crippen LogP) is 2.93. The standard InChI is InChI=1S/C32H31FN4O7/c1-36(2)20-13-19-28(44-21(35-19)10-9-14-7-5-6-8-18(14)33)23-16(20)11-15-12-17-25(37(3)4)27(39)24(31(34)42)30(41)32(17,43)29(40)22(15)26(23)38/h5-10,13,15,17,25,39-40,43H,11-12H2,1-4H3,(H2,34,42)/t15-,17-,25-,32-/m0/s1. The van der Waals surface area contributed by atoms with E-state index in [1.54, 1.807) is 38.4 Å². The summed E-state index contributed by atoms with van der Waals surface area (Å²) in [5.41, 5.74) is 3.94. The van der Waals surface area contributed by atoms with E-state index in [0.717, 1.165) is 0 Å². The molecule has 0 spiro atoms. The number of carbonyl (C=O) groups is 3. The molecule has 6 rings (SSSR count). The van der Waals surface area contributed by atoms with Crippen molar-refractivity contribution in [3.05, 3.63) is 81.4 Å². The number of aromatic nitrogens is 1. The molecule has 0 saturated carbocycles. The van der Waals surface area contributed by atoms with Gasteiger partial charge in [-0.1, -0.05) is 18.2 Å². The van der Waals surface area contributed by atoms with Crippen molar-refractivity contribution in [1.29, 1.82) is 0 Å². The van der Waals surface area contributed by atoms with Crippen molar-refractivity contribution in [2.24, 2.45) is 17.6 Å². The van der Waals surface area contributed by atoms with Crippen LogP contribution in [0.3, 0.4) is 0 Å². The molecule has 3 aromatic rings. The topological polar surface area (TPSA) is 170 Å². The first-order chi connectivity index (χ1) is 20.8. The predicted molar refractivity (Wildman–Crippen MR) is 159 cm³/mol. The Balaban J connectivity index is 1.53. The fraction of sp³-hybridized carbons (Fsp3) is 0.312. The Morgan fingerprint density at radius 2 is 1.86 bits per heavy atom. The van der Waals surface area contributed by atoms with Crippen molar-refractivity contribution in [1.82, 2.24) is 9.88 Å². The van der Waals surface area contributed by atoms with Crippen LogP contribution < -0.4 is 10.6 Å². The van der Waals surface area contributed by atoms with E-state index in [-0.39, 0.29) is 35.5 Å². The Morgan fingerprint density at radius 3 is 2.50 bits per heavy atom. The van der Waals surface area contributed by atoms with Crippen LogP contribution in [0.4, 0.5) is 10.1 Å². The SMILES string of the molecule is CN(C)c1cc2nc(C=Cc3ccccc3F)oc2c2c1C[C@H]1C[C@H]3[C@H](N(C)C)C(O)=C(C(N)=O)C(=O)[C@@]3(O)C(O)=C1C2=O. The fourth-order valence-electron chi connectivity index (χ4n) is 6.95. The van der Waals surface area contributed by atoms with Crippen LogP contribution in [0, 0.1) is 17.7 Å². The number of halogens is 1. The Bertz CT molecular complexity index is 1870. The molecular weight excluding hydrogens is 571 g/mol. The molecule has 0 saturated heterocycles. The van der Waals surface area contributed by atoms with Gasteiger partial charge < -0.3 is 30.4 Å². The molecule has 228 valence electrons. The third kappa shape index (κ3) is 4.09. The maximum atomic E-state index is 14.3. The maximum Gasteiger partial charge on any atom is 0.255 e. The van der Waals surface area contributed by atoms with Crippen LogP contribution in [0.2, 0.25) is 0 Å². The Hall–Kier alpha value is -4.81. The van der Waals surface area contributed by atoms with Crippen LogP contribution in [-0.2, 0) is 16.0 Å². The second-order valence-electron chi connectivity index (χ2n) is 11.9. The lowest BCUT2D eigenvalue weighted by Crippen LogP contribution is -2.63. The number of anilines is 1. The van der Waals surface area contributed by atoms with Gasteiger partial charge in [-0.15, -0.1) is 0 Å². The molecular formula is C32H31FN4O7. The van der Waals surface area contributed by atoms with Crippen molar-refractivity contribution in [2.45, 2.75) is 24.5 Å². The van der Waals surface area contributed by atoms with E-state index in [1.807, 2.05) is 19.0 Å². The number of ketones is 2. The summed E-state index contributed by atoms with van der Waals surface area (Å²) >= 11 is 0. The van der Waals surface area contributed by atoms with Gasteiger partial charge in [-0.3, -0.25) is 19.3 Å². The number of allylic oxidation sites excluding steroid dienone is 1. The minimum atomic E-state index is -2.68. The number of amides is 1. The second-order valence-corrected chi connectivity index (χ2v) is 11.9. The number of rotatable bonds is 5. The molecule has 0 bridgehead atoms. The van der Waals surface area contributed by atoms with Crippen LogP contribution in [0.15, 0.2) is 57.4 Å². The molecule has 0 fully saturated rings. The van der Waals surface area contributed by atoms with E-state index in [0.29, 0.717) is 22.3 Å². The Kier molecular flexibility index (Phi) is 6.74. The summed E-state index contributed by atoms with van der Waals surface area (Å²) in [6, 6.07) is 6.91. The zero-order valence-electron chi connectivity index (χ0n) is 24.5. The van der Waals surface area contributed by atoms with E-state index in [2.05, 4.69) is 4.98 Å². The average Bonchev–Trinajstić information content (AvgIpc) is 3.36. The highest BCUT2D eigenvalue weighted by Crippen LogP contribution is 2.53. The van der Waals surface area contributed by atoms with Crippen LogP contribution >= 0.6 is 0 Å². The first kappa shape index (κ1) is 29.3. The Morgan fingerprint density at radius 1 is 1.16 bits per heavy atom. The smallest absolute Gasteiger partial charge is 0.255 e. The third-order valence-corrected chi connectivity index (χ3v) is 8.89. The molecule has 0 unspecified atom stereocenters. The van der Waals surface area contributed by atoms with E-state index in [1.165, 1.54) is 23.1 Å². The van der Waals surface area contributed by atoms with Crippen LogP contribution in [0.1, 0.15) is 33.8 Å². The second kappa shape index (κ2) is 10.1. The summed E-state index contributed by atoms with van der Waals surface area (Å²) in [5.74, 6) is -6.71. The number of oxazole rings is 1. The average molecular weight is 603 g/mol. The normalized spacial score (nSPS) is 25.1. The van der Waals surface area contributed by atoms with Crippen molar-refractivity contribution in [3.8, 4) is 0 Å².